The van der Waals surface area contributed by atoms with Crippen molar-refractivity contribution in [2.45, 2.75) is 11.8 Å². The fraction of sp³-hybridized carbons (Fsp3) is 0.133. The lowest BCUT2D eigenvalue weighted by atomic mass is 10.2. The van der Waals surface area contributed by atoms with Gasteiger partial charge < -0.3 is 9.73 Å². The van der Waals surface area contributed by atoms with Gasteiger partial charge in [-0.3, -0.25) is 14.9 Å². The van der Waals surface area contributed by atoms with Gasteiger partial charge in [0.1, 0.15) is 10.7 Å². The number of nitrogens with zero attached hydrogens (tertiary/aromatic N) is 1. The zero-order valence-corrected chi connectivity index (χ0v) is 14.2. The molecule has 0 aliphatic carbocycles. The first-order chi connectivity index (χ1) is 11.7. The van der Waals surface area contributed by atoms with Crippen LogP contribution in [0.5, 0.6) is 0 Å². The third-order valence-electron chi connectivity index (χ3n) is 3.21. The van der Waals surface area contributed by atoms with Gasteiger partial charge in [0, 0.05) is 11.8 Å². The van der Waals surface area contributed by atoms with E-state index in [1.807, 2.05) is 0 Å². The van der Waals surface area contributed by atoms with E-state index in [9.17, 15) is 23.3 Å². The van der Waals surface area contributed by atoms with Crippen LogP contribution in [0.4, 0.5) is 11.6 Å². The van der Waals surface area contributed by atoms with Crippen LogP contribution >= 0.6 is 0 Å². The van der Waals surface area contributed by atoms with Crippen molar-refractivity contribution in [1.82, 2.24) is 4.72 Å². The zero-order valence-electron chi connectivity index (χ0n) is 13.3. The molecule has 0 spiro atoms. The molecule has 1 heterocycles. The molecule has 1 aromatic carbocycles. The van der Waals surface area contributed by atoms with Crippen molar-refractivity contribution in [2.75, 3.05) is 12.4 Å². The number of benzene rings is 1. The van der Waals surface area contributed by atoms with Gasteiger partial charge in [0.25, 0.3) is 0 Å². The lowest BCUT2D eigenvalue weighted by molar-refractivity contribution is -0.402. The Labute approximate surface area is 143 Å². The van der Waals surface area contributed by atoms with E-state index in [-0.39, 0.29) is 10.7 Å². The first kappa shape index (κ1) is 18.4. The summed E-state index contributed by atoms with van der Waals surface area (Å²) >= 11 is 0. The van der Waals surface area contributed by atoms with Crippen molar-refractivity contribution in [3.8, 4) is 0 Å². The largest absolute Gasteiger partial charge is 0.433 e. The minimum absolute atomic E-state index is 0.0541. The molecular formula is C15H15N3O6S. The number of hydrogen-bond acceptors (Lipinski definition) is 6. The SMILES string of the molecule is CNS(=O)(=O)c1cc(NC(=O)/C=C/c2ccc([N+](=O)[O-])o2)ccc1C. The molecule has 10 heteroatoms. The lowest BCUT2D eigenvalue weighted by Gasteiger charge is -2.09. The molecule has 0 aliphatic heterocycles. The Morgan fingerprint density at radius 1 is 1.28 bits per heavy atom. The van der Waals surface area contributed by atoms with Crippen LogP contribution in [0.2, 0.25) is 0 Å². The maximum atomic E-state index is 11.9. The maximum absolute atomic E-state index is 11.9. The molecule has 0 radical (unpaired) electrons. The second kappa shape index (κ2) is 7.28. The number of sulfonamides is 1. The molecule has 132 valence electrons. The van der Waals surface area contributed by atoms with Gasteiger partial charge in [0.2, 0.25) is 15.9 Å². The summed E-state index contributed by atoms with van der Waals surface area (Å²) in [5.41, 5.74) is 0.824. The van der Waals surface area contributed by atoms with Crippen LogP contribution in [0.1, 0.15) is 11.3 Å². The highest BCUT2D eigenvalue weighted by Gasteiger charge is 2.15. The molecule has 0 unspecified atom stereocenters. The molecule has 25 heavy (non-hydrogen) atoms. The predicted octanol–water partition coefficient (Wildman–Crippen LogP) is 2.06. The number of furan rings is 1. The number of rotatable bonds is 6. The Bertz CT molecular complexity index is 946. The Morgan fingerprint density at radius 2 is 2.00 bits per heavy atom. The van der Waals surface area contributed by atoms with Crippen molar-refractivity contribution in [3.63, 3.8) is 0 Å². The molecule has 9 nitrogen and oxygen atoms in total. The maximum Gasteiger partial charge on any atom is 0.433 e. The summed E-state index contributed by atoms with van der Waals surface area (Å²) in [5, 5.41) is 13.0. The van der Waals surface area contributed by atoms with E-state index in [0.29, 0.717) is 11.3 Å². The number of amides is 1. The minimum Gasteiger partial charge on any atom is -0.401 e. The van der Waals surface area contributed by atoms with E-state index >= 15 is 0 Å². The quantitative estimate of drug-likeness (QED) is 0.457. The van der Waals surface area contributed by atoms with Gasteiger partial charge in [-0.05, 0) is 43.8 Å². The van der Waals surface area contributed by atoms with Crippen LogP contribution in [-0.4, -0.2) is 26.3 Å². The molecule has 2 N–H and O–H groups in total. The Morgan fingerprint density at radius 3 is 2.60 bits per heavy atom. The monoisotopic (exact) mass is 365 g/mol. The average molecular weight is 365 g/mol. The highest BCUT2D eigenvalue weighted by Crippen LogP contribution is 2.20. The van der Waals surface area contributed by atoms with Gasteiger partial charge in [-0.1, -0.05) is 6.07 Å². The van der Waals surface area contributed by atoms with E-state index < -0.39 is 26.7 Å². The molecule has 0 saturated carbocycles. The standard InChI is InChI=1S/C15H15N3O6S/c1-10-3-4-11(9-13(10)25(22,23)16-2)17-14(19)7-5-12-6-8-15(24-12)18(20)21/h3-9,16H,1-2H3,(H,17,19)/b7-5+. The summed E-state index contributed by atoms with van der Waals surface area (Å²) in [4.78, 5) is 21.8. The van der Waals surface area contributed by atoms with Crippen molar-refractivity contribution in [2.24, 2.45) is 0 Å². The molecule has 2 rings (SSSR count). The highest BCUT2D eigenvalue weighted by atomic mass is 32.2. The molecular weight excluding hydrogens is 350 g/mol. The smallest absolute Gasteiger partial charge is 0.401 e. The van der Waals surface area contributed by atoms with E-state index in [0.717, 1.165) is 6.08 Å². The Balaban J connectivity index is 2.13. The van der Waals surface area contributed by atoms with E-state index in [2.05, 4.69) is 10.0 Å². The average Bonchev–Trinajstić information content (AvgIpc) is 3.04. The van der Waals surface area contributed by atoms with Crippen molar-refractivity contribution in [3.05, 3.63) is 57.8 Å². The molecule has 1 aromatic heterocycles. The van der Waals surface area contributed by atoms with Crippen LogP contribution in [0.15, 0.2) is 45.7 Å². The number of carbonyl (C=O) groups excluding carboxylic acids is 1. The topological polar surface area (TPSA) is 132 Å². The molecule has 0 bridgehead atoms. The van der Waals surface area contributed by atoms with Gasteiger partial charge in [-0.25, -0.2) is 13.1 Å². The van der Waals surface area contributed by atoms with Crippen LogP contribution in [0.3, 0.4) is 0 Å². The normalized spacial score (nSPS) is 11.6. The van der Waals surface area contributed by atoms with Crippen LogP contribution in [0.25, 0.3) is 6.08 Å². The number of aryl methyl sites for hydroxylation is 1. The minimum atomic E-state index is -3.65. The summed E-state index contributed by atoms with van der Waals surface area (Å²) in [6.45, 7) is 1.64. The first-order valence-electron chi connectivity index (χ1n) is 7.00. The van der Waals surface area contributed by atoms with Crippen LogP contribution in [0, 0.1) is 17.0 Å². The summed E-state index contributed by atoms with van der Waals surface area (Å²) < 4.78 is 30.9. The summed E-state index contributed by atoms with van der Waals surface area (Å²) in [6.07, 6.45) is 2.39. The Hall–Kier alpha value is -2.98. The van der Waals surface area contributed by atoms with Gasteiger partial charge >= 0.3 is 5.88 Å². The number of hydrogen-bond donors (Lipinski definition) is 2. The third-order valence-corrected chi connectivity index (χ3v) is 4.76. The van der Waals surface area contributed by atoms with E-state index in [1.165, 1.54) is 31.3 Å². The van der Waals surface area contributed by atoms with E-state index in [4.69, 9.17) is 4.42 Å². The Kier molecular flexibility index (Phi) is 5.35. The molecule has 1 amide bonds. The third kappa shape index (κ3) is 4.52. The second-order valence-corrected chi connectivity index (χ2v) is 6.80. The fourth-order valence-corrected chi connectivity index (χ4v) is 2.94. The highest BCUT2D eigenvalue weighted by molar-refractivity contribution is 7.89. The molecule has 0 aliphatic rings. The number of carbonyl (C=O) groups is 1. The van der Waals surface area contributed by atoms with E-state index in [1.54, 1.807) is 19.1 Å². The van der Waals surface area contributed by atoms with Gasteiger partial charge in [-0.15, -0.1) is 0 Å². The molecule has 0 saturated heterocycles. The molecule has 0 fully saturated rings. The van der Waals surface area contributed by atoms with Crippen LogP contribution in [-0.2, 0) is 14.8 Å². The van der Waals surface area contributed by atoms with Crippen LogP contribution < -0.4 is 10.0 Å². The summed E-state index contributed by atoms with van der Waals surface area (Å²) in [6, 6.07) is 7.00. The predicted molar refractivity (Wildman–Crippen MR) is 90.5 cm³/mol. The van der Waals surface area contributed by atoms with Gasteiger partial charge in [0.05, 0.1) is 11.0 Å². The van der Waals surface area contributed by atoms with Crippen molar-refractivity contribution < 1.29 is 22.6 Å². The molecule has 0 atom stereocenters. The summed E-state index contributed by atoms with van der Waals surface area (Å²) in [5.74, 6) is -0.833. The summed E-state index contributed by atoms with van der Waals surface area (Å²) in [7, 11) is -2.35. The molecule has 2 aromatic rings. The number of anilines is 1. The lowest BCUT2D eigenvalue weighted by Crippen LogP contribution is -2.20. The number of nitro groups is 1. The van der Waals surface area contributed by atoms with Gasteiger partial charge in [0.15, 0.2) is 0 Å². The zero-order chi connectivity index (χ0) is 18.6. The van der Waals surface area contributed by atoms with Gasteiger partial charge in [-0.2, -0.15) is 0 Å². The first-order valence-corrected chi connectivity index (χ1v) is 8.49. The fourth-order valence-electron chi connectivity index (χ4n) is 1.95. The van der Waals surface area contributed by atoms with Crippen molar-refractivity contribution >= 4 is 33.6 Å². The second-order valence-electron chi connectivity index (χ2n) is 4.94. The van der Waals surface area contributed by atoms with Crippen molar-refractivity contribution in [1.29, 1.82) is 0 Å². The number of nitrogens with one attached hydrogen (secondary N) is 2.